The second-order valence-electron chi connectivity index (χ2n) is 7.42. The van der Waals surface area contributed by atoms with E-state index in [1.54, 1.807) is 0 Å². The zero-order chi connectivity index (χ0) is 18.1. The molecule has 1 unspecified atom stereocenters. The zero-order valence-corrected chi connectivity index (χ0v) is 18.7. The minimum absolute atomic E-state index is 0. The molecule has 1 saturated carbocycles. The van der Waals surface area contributed by atoms with Crippen LogP contribution in [0.2, 0.25) is 0 Å². The monoisotopic (exact) mass is 487 g/mol. The average molecular weight is 487 g/mol. The lowest BCUT2D eigenvalue weighted by molar-refractivity contribution is 0.0420. The third kappa shape index (κ3) is 6.61. The van der Waals surface area contributed by atoms with Crippen LogP contribution in [0.4, 0.5) is 0 Å². The van der Waals surface area contributed by atoms with Crippen LogP contribution < -0.4 is 10.6 Å². The molecule has 2 fully saturated rings. The van der Waals surface area contributed by atoms with Crippen LogP contribution in [0.5, 0.6) is 0 Å². The van der Waals surface area contributed by atoms with Crippen molar-refractivity contribution in [1.82, 2.24) is 10.6 Å². The van der Waals surface area contributed by atoms with E-state index in [-0.39, 0.29) is 29.4 Å². The summed E-state index contributed by atoms with van der Waals surface area (Å²) in [5.74, 6) is 0.886. The third-order valence-corrected chi connectivity index (χ3v) is 5.62. The third-order valence-electron chi connectivity index (χ3n) is 5.62. The lowest BCUT2D eigenvalue weighted by atomic mass is 9.79. The van der Waals surface area contributed by atoms with Gasteiger partial charge >= 0.3 is 0 Å². The van der Waals surface area contributed by atoms with Crippen molar-refractivity contribution in [2.24, 2.45) is 4.99 Å². The molecule has 1 aromatic carbocycles. The second-order valence-corrected chi connectivity index (χ2v) is 7.42. The summed E-state index contributed by atoms with van der Waals surface area (Å²) in [5.41, 5.74) is 1.69. The summed E-state index contributed by atoms with van der Waals surface area (Å²) in [6.45, 7) is 4.16. The van der Waals surface area contributed by atoms with Crippen molar-refractivity contribution in [3.8, 4) is 0 Å². The fourth-order valence-corrected chi connectivity index (χ4v) is 4.06. The fraction of sp³-hybridized carbons (Fsp3) is 0.667. The van der Waals surface area contributed by atoms with Crippen LogP contribution in [0.25, 0.3) is 0 Å². The molecule has 2 N–H and O–H groups in total. The van der Waals surface area contributed by atoms with Gasteiger partial charge in [0.25, 0.3) is 0 Å². The second kappa shape index (κ2) is 11.9. The number of nitrogens with one attached hydrogen (secondary N) is 2. The van der Waals surface area contributed by atoms with Gasteiger partial charge in [0.15, 0.2) is 5.96 Å². The van der Waals surface area contributed by atoms with Gasteiger partial charge in [-0.05, 0) is 31.2 Å². The maximum absolute atomic E-state index is 5.81. The van der Waals surface area contributed by atoms with E-state index in [4.69, 9.17) is 9.47 Å². The first-order chi connectivity index (χ1) is 12.8. The molecule has 0 aromatic heterocycles. The van der Waals surface area contributed by atoms with Crippen molar-refractivity contribution in [3.63, 3.8) is 0 Å². The zero-order valence-electron chi connectivity index (χ0n) is 16.4. The molecule has 1 aliphatic heterocycles. The smallest absolute Gasteiger partial charge is 0.191 e. The summed E-state index contributed by atoms with van der Waals surface area (Å²) in [4.78, 5) is 4.38. The van der Waals surface area contributed by atoms with Crippen LogP contribution in [0, 0.1) is 0 Å². The number of benzene rings is 1. The molecule has 6 heteroatoms. The van der Waals surface area contributed by atoms with Crippen LogP contribution >= 0.6 is 24.0 Å². The van der Waals surface area contributed by atoms with E-state index in [0.29, 0.717) is 6.10 Å². The number of rotatable bonds is 8. The molecule has 2 aliphatic rings. The van der Waals surface area contributed by atoms with Gasteiger partial charge in [-0.15, -0.1) is 24.0 Å². The highest BCUT2D eigenvalue weighted by Crippen LogP contribution is 2.40. The first-order valence-corrected chi connectivity index (χ1v) is 10.0. The predicted molar refractivity (Wildman–Crippen MR) is 121 cm³/mol. The Kier molecular flexibility index (Phi) is 9.86. The molecule has 0 amide bonds. The van der Waals surface area contributed by atoms with Gasteiger partial charge in [-0.25, -0.2) is 0 Å². The van der Waals surface area contributed by atoms with Gasteiger partial charge in [0, 0.05) is 38.8 Å². The quantitative estimate of drug-likeness (QED) is 0.255. The van der Waals surface area contributed by atoms with E-state index in [1.807, 2.05) is 7.05 Å². The number of aliphatic imine (C=N–C) groups is 1. The molecular weight excluding hydrogens is 453 g/mol. The summed E-state index contributed by atoms with van der Waals surface area (Å²) >= 11 is 0. The van der Waals surface area contributed by atoms with E-state index in [0.717, 1.165) is 51.7 Å². The van der Waals surface area contributed by atoms with Crippen LogP contribution in [0.3, 0.4) is 0 Å². The molecule has 1 aliphatic carbocycles. The predicted octanol–water partition coefficient (Wildman–Crippen LogP) is 3.48. The summed E-state index contributed by atoms with van der Waals surface area (Å²) < 4.78 is 11.1. The minimum atomic E-state index is 0. The molecule has 1 aromatic rings. The van der Waals surface area contributed by atoms with Gasteiger partial charge < -0.3 is 20.1 Å². The number of guanidine groups is 1. The fourth-order valence-electron chi connectivity index (χ4n) is 4.06. The van der Waals surface area contributed by atoms with Gasteiger partial charge in [-0.1, -0.05) is 43.2 Å². The molecule has 0 radical (unpaired) electrons. The Morgan fingerprint density at radius 1 is 1.22 bits per heavy atom. The van der Waals surface area contributed by atoms with E-state index in [1.165, 1.54) is 31.2 Å². The standard InChI is InChI=1S/C21H33N3O2.HI/c1-22-20(23-13-7-14-26-19-10-15-25-16-19)24-17-21(11-5-6-12-21)18-8-3-2-4-9-18;/h2-4,8-9,19H,5-7,10-17H2,1H3,(H2,22,23,24);1H. The van der Waals surface area contributed by atoms with Crippen LogP contribution in [0.15, 0.2) is 35.3 Å². The highest BCUT2D eigenvalue weighted by molar-refractivity contribution is 14.0. The number of nitrogens with zero attached hydrogens (tertiary/aromatic N) is 1. The van der Waals surface area contributed by atoms with Gasteiger partial charge in [0.1, 0.15) is 0 Å². The van der Waals surface area contributed by atoms with E-state index >= 15 is 0 Å². The van der Waals surface area contributed by atoms with Gasteiger partial charge in [0.05, 0.1) is 12.7 Å². The van der Waals surface area contributed by atoms with E-state index in [9.17, 15) is 0 Å². The lowest BCUT2D eigenvalue weighted by Gasteiger charge is -2.30. The van der Waals surface area contributed by atoms with Gasteiger partial charge in [-0.3, -0.25) is 4.99 Å². The summed E-state index contributed by atoms with van der Waals surface area (Å²) in [6.07, 6.45) is 7.41. The van der Waals surface area contributed by atoms with Crippen molar-refractivity contribution in [1.29, 1.82) is 0 Å². The normalized spacial score (nSPS) is 21.7. The first-order valence-electron chi connectivity index (χ1n) is 10.0. The Bertz CT molecular complexity index is 556. The molecule has 152 valence electrons. The molecule has 0 bridgehead atoms. The molecule has 1 saturated heterocycles. The van der Waals surface area contributed by atoms with Crippen molar-refractivity contribution in [2.45, 2.75) is 50.0 Å². The lowest BCUT2D eigenvalue weighted by Crippen LogP contribution is -2.45. The van der Waals surface area contributed by atoms with Crippen molar-refractivity contribution in [3.05, 3.63) is 35.9 Å². The summed E-state index contributed by atoms with van der Waals surface area (Å²) in [6, 6.07) is 10.9. The highest BCUT2D eigenvalue weighted by atomic mass is 127. The maximum Gasteiger partial charge on any atom is 0.191 e. The largest absolute Gasteiger partial charge is 0.379 e. The molecule has 5 nitrogen and oxygen atoms in total. The minimum Gasteiger partial charge on any atom is -0.379 e. The molecule has 0 spiro atoms. The Hall–Kier alpha value is -0.860. The van der Waals surface area contributed by atoms with E-state index in [2.05, 4.69) is 46.0 Å². The molecule has 1 heterocycles. The van der Waals surface area contributed by atoms with Crippen LogP contribution in [0.1, 0.15) is 44.1 Å². The topological polar surface area (TPSA) is 54.9 Å². The average Bonchev–Trinajstić information content (AvgIpc) is 3.37. The SMILES string of the molecule is CN=C(NCCCOC1CCOC1)NCC1(c2ccccc2)CCCC1.I. The Morgan fingerprint density at radius 3 is 2.67 bits per heavy atom. The molecule has 1 atom stereocenters. The maximum atomic E-state index is 5.81. The Balaban J connectivity index is 0.00000261. The molecule has 27 heavy (non-hydrogen) atoms. The van der Waals surface area contributed by atoms with Crippen molar-refractivity contribution < 1.29 is 9.47 Å². The number of ether oxygens (including phenoxy) is 2. The van der Waals surface area contributed by atoms with Gasteiger partial charge in [0.2, 0.25) is 0 Å². The molecule has 3 rings (SSSR count). The number of halogens is 1. The van der Waals surface area contributed by atoms with Crippen molar-refractivity contribution in [2.75, 3.05) is 40.0 Å². The summed E-state index contributed by atoms with van der Waals surface area (Å²) in [7, 11) is 1.84. The highest BCUT2D eigenvalue weighted by Gasteiger charge is 2.35. The van der Waals surface area contributed by atoms with Crippen LogP contribution in [-0.4, -0.2) is 52.0 Å². The molecular formula is C21H34IN3O2. The Labute approximate surface area is 180 Å². The first kappa shape index (κ1) is 22.4. The Morgan fingerprint density at radius 2 is 2.00 bits per heavy atom. The van der Waals surface area contributed by atoms with Gasteiger partial charge in [-0.2, -0.15) is 0 Å². The van der Waals surface area contributed by atoms with E-state index < -0.39 is 0 Å². The number of hydrogen-bond donors (Lipinski definition) is 2. The number of hydrogen-bond acceptors (Lipinski definition) is 3. The summed E-state index contributed by atoms with van der Waals surface area (Å²) in [5, 5.41) is 6.98. The van der Waals surface area contributed by atoms with Crippen LogP contribution in [-0.2, 0) is 14.9 Å². The van der Waals surface area contributed by atoms with Crippen molar-refractivity contribution >= 4 is 29.9 Å².